The third kappa shape index (κ3) is 5.83. The minimum Gasteiger partial charge on any atom is -0.381 e. The van der Waals surface area contributed by atoms with Gasteiger partial charge in [-0.25, -0.2) is 4.79 Å². The van der Waals surface area contributed by atoms with E-state index in [9.17, 15) is 4.79 Å². The highest BCUT2D eigenvalue weighted by atomic mass is 16.5. The normalized spacial score (nSPS) is 26.4. The quantitative estimate of drug-likeness (QED) is 0.789. The van der Waals surface area contributed by atoms with Gasteiger partial charge in [0.15, 0.2) is 0 Å². The lowest BCUT2D eigenvalue weighted by Gasteiger charge is -2.43. The lowest BCUT2D eigenvalue weighted by atomic mass is 9.81. The summed E-state index contributed by atoms with van der Waals surface area (Å²) < 4.78 is 5.57. The molecule has 0 spiro atoms. The largest absolute Gasteiger partial charge is 0.381 e. The summed E-state index contributed by atoms with van der Waals surface area (Å²) in [5, 5.41) is 3.14. The van der Waals surface area contributed by atoms with Crippen molar-refractivity contribution >= 4 is 6.03 Å². The van der Waals surface area contributed by atoms with Crippen LogP contribution in [0.5, 0.6) is 0 Å². The molecule has 0 aliphatic carbocycles. The van der Waals surface area contributed by atoms with E-state index in [0.29, 0.717) is 5.92 Å². The number of nitrogens with zero attached hydrogens (tertiary/aromatic N) is 3. The van der Waals surface area contributed by atoms with Crippen LogP contribution in [0.15, 0.2) is 0 Å². The Hall–Kier alpha value is -0.850. The number of likely N-dealkylation sites (tertiary alicyclic amines) is 1. The molecule has 2 saturated heterocycles. The van der Waals surface area contributed by atoms with E-state index in [1.54, 1.807) is 7.11 Å². The van der Waals surface area contributed by atoms with Crippen LogP contribution in [0.25, 0.3) is 0 Å². The molecule has 2 aliphatic rings. The Kier molecular flexibility index (Phi) is 7.52. The number of piperazine rings is 1. The van der Waals surface area contributed by atoms with Crippen LogP contribution in [0.1, 0.15) is 34.1 Å². The molecule has 6 nitrogen and oxygen atoms in total. The Labute approximate surface area is 153 Å². The Morgan fingerprint density at radius 2 is 1.84 bits per heavy atom. The molecule has 2 heterocycles. The number of ether oxygens (including phenoxy) is 1. The number of urea groups is 1. The number of hydrogen-bond donors (Lipinski definition) is 1. The minimum absolute atomic E-state index is 0.00884. The molecule has 146 valence electrons. The molecule has 6 heteroatoms. The van der Waals surface area contributed by atoms with Gasteiger partial charge in [-0.2, -0.15) is 0 Å². The second-order valence-corrected chi connectivity index (χ2v) is 8.45. The number of piperidine rings is 1. The molecule has 25 heavy (non-hydrogen) atoms. The first-order valence-corrected chi connectivity index (χ1v) is 9.86. The molecule has 1 N–H and O–H groups in total. The standard InChI is InChI=1S/C19H38N4O2/c1-6-21-9-11-22(12-10-21)14-16(2)13-20-18(24)23-8-7-17(25-5)19(3,4)15-23/h16-17H,6-15H2,1-5H3,(H,20,24). The summed E-state index contributed by atoms with van der Waals surface area (Å²) in [6, 6.07) is 0.0743. The van der Waals surface area contributed by atoms with Gasteiger partial charge in [0.1, 0.15) is 0 Å². The van der Waals surface area contributed by atoms with E-state index in [4.69, 9.17) is 4.74 Å². The van der Waals surface area contributed by atoms with Crippen LogP contribution >= 0.6 is 0 Å². The number of methoxy groups -OCH3 is 1. The molecule has 0 aromatic carbocycles. The minimum atomic E-state index is 0.00884. The topological polar surface area (TPSA) is 48.0 Å². The predicted octanol–water partition coefficient (Wildman–Crippen LogP) is 1.72. The number of carbonyl (C=O) groups excluding carboxylic acids is 1. The Bertz CT molecular complexity index is 422. The predicted molar refractivity (Wildman–Crippen MR) is 102 cm³/mol. The zero-order chi connectivity index (χ0) is 18.4. The van der Waals surface area contributed by atoms with E-state index < -0.39 is 0 Å². The number of nitrogens with one attached hydrogen (secondary N) is 1. The zero-order valence-electron chi connectivity index (χ0n) is 16.9. The monoisotopic (exact) mass is 354 g/mol. The highest BCUT2D eigenvalue weighted by Gasteiger charge is 2.37. The summed E-state index contributed by atoms with van der Waals surface area (Å²) in [6.45, 7) is 17.9. The molecular formula is C19H38N4O2. The van der Waals surface area contributed by atoms with Crippen LogP contribution < -0.4 is 5.32 Å². The second kappa shape index (κ2) is 9.19. The van der Waals surface area contributed by atoms with Crippen molar-refractivity contribution in [2.24, 2.45) is 11.3 Å². The van der Waals surface area contributed by atoms with Gasteiger partial charge in [-0.1, -0.05) is 27.7 Å². The van der Waals surface area contributed by atoms with Crippen LogP contribution in [-0.4, -0.2) is 92.8 Å². The molecule has 0 bridgehead atoms. The first-order valence-electron chi connectivity index (χ1n) is 9.86. The fraction of sp³-hybridized carbons (Fsp3) is 0.947. The highest BCUT2D eigenvalue weighted by Crippen LogP contribution is 2.31. The van der Waals surface area contributed by atoms with Crippen molar-refractivity contribution in [2.45, 2.75) is 40.2 Å². The zero-order valence-corrected chi connectivity index (χ0v) is 16.9. The maximum Gasteiger partial charge on any atom is 0.317 e. The summed E-state index contributed by atoms with van der Waals surface area (Å²) in [4.78, 5) is 19.5. The molecule has 2 amide bonds. The maximum absolute atomic E-state index is 12.5. The molecule has 2 rings (SSSR count). The summed E-state index contributed by atoms with van der Waals surface area (Å²) in [6.07, 6.45) is 1.14. The smallest absolute Gasteiger partial charge is 0.317 e. The summed E-state index contributed by atoms with van der Waals surface area (Å²) in [5.41, 5.74) is 0.00884. The molecule has 2 atom stereocenters. The van der Waals surface area contributed by atoms with E-state index in [1.165, 1.54) is 13.1 Å². The average Bonchev–Trinajstić information content (AvgIpc) is 2.59. The van der Waals surface area contributed by atoms with Gasteiger partial charge in [-0.05, 0) is 18.9 Å². The fourth-order valence-electron chi connectivity index (χ4n) is 4.11. The van der Waals surface area contributed by atoms with Gasteiger partial charge in [0, 0.05) is 64.9 Å². The SMILES string of the molecule is CCN1CCN(CC(C)CNC(=O)N2CCC(OC)C(C)(C)C2)CC1. The number of hydrogen-bond acceptors (Lipinski definition) is 4. The molecule has 0 saturated carbocycles. The lowest BCUT2D eigenvalue weighted by molar-refractivity contribution is -0.0407. The van der Waals surface area contributed by atoms with Gasteiger partial charge in [-0.15, -0.1) is 0 Å². The van der Waals surface area contributed by atoms with Crippen molar-refractivity contribution in [1.29, 1.82) is 0 Å². The first-order chi connectivity index (χ1) is 11.9. The van der Waals surface area contributed by atoms with Crippen molar-refractivity contribution in [1.82, 2.24) is 20.0 Å². The van der Waals surface area contributed by atoms with Crippen molar-refractivity contribution in [2.75, 3.05) is 66.0 Å². The van der Waals surface area contributed by atoms with Crippen molar-refractivity contribution in [3.8, 4) is 0 Å². The second-order valence-electron chi connectivity index (χ2n) is 8.45. The molecule has 0 aromatic heterocycles. The van der Waals surface area contributed by atoms with Crippen molar-refractivity contribution < 1.29 is 9.53 Å². The van der Waals surface area contributed by atoms with Gasteiger partial charge in [0.2, 0.25) is 0 Å². The van der Waals surface area contributed by atoms with Crippen molar-refractivity contribution in [3.05, 3.63) is 0 Å². The number of rotatable bonds is 6. The molecule has 2 aliphatic heterocycles. The van der Waals surface area contributed by atoms with Gasteiger partial charge in [-0.3, -0.25) is 0 Å². The Morgan fingerprint density at radius 1 is 1.20 bits per heavy atom. The van der Waals surface area contributed by atoms with E-state index >= 15 is 0 Å². The lowest BCUT2D eigenvalue weighted by Crippen LogP contribution is -2.54. The first kappa shape index (κ1) is 20.5. The van der Waals surface area contributed by atoms with Crippen molar-refractivity contribution in [3.63, 3.8) is 0 Å². The van der Waals surface area contributed by atoms with Gasteiger partial charge >= 0.3 is 6.03 Å². The molecule has 0 aromatic rings. The third-order valence-corrected chi connectivity index (χ3v) is 5.79. The van der Waals surface area contributed by atoms with E-state index in [-0.39, 0.29) is 17.6 Å². The number of likely N-dealkylation sites (N-methyl/N-ethyl adjacent to an activating group) is 1. The summed E-state index contributed by atoms with van der Waals surface area (Å²) in [5.74, 6) is 0.474. The van der Waals surface area contributed by atoms with Gasteiger partial charge < -0.3 is 24.8 Å². The third-order valence-electron chi connectivity index (χ3n) is 5.79. The maximum atomic E-state index is 12.5. The van der Waals surface area contributed by atoms with Crippen LogP contribution in [0.4, 0.5) is 4.79 Å². The van der Waals surface area contributed by atoms with E-state index in [2.05, 4.69) is 42.8 Å². The van der Waals surface area contributed by atoms with E-state index in [0.717, 1.165) is 52.2 Å². The average molecular weight is 355 g/mol. The fourth-order valence-corrected chi connectivity index (χ4v) is 4.11. The molecular weight excluding hydrogens is 316 g/mol. The van der Waals surface area contributed by atoms with Crippen LogP contribution in [0.2, 0.25) is 0 Å². The van der Waals surface area contributed by atoms with Crippen LogP contribution in [0.3, 0.4) is 0 Å². The number of carbonyl (C=O) groups is 1. The highest BCUT2D eigenvalue weighted by molar-refractivity contribution is 5.74. The Balaban J connectivity index is 1.69. The summed E-state index contributed by atoms with van der Waals surface area (Å²) in [7, 11) is 1.77. The number of amides is 2. The Morgan fingerprint density at radius 3 is 2.40 bits per heavy atom. The van der Waals surface area contributed by atoms with Gasteiger partial charge in [0.25, 0.3) is 0 Å². The molecule has 2 fully saturated rings. The molecule has 2 unspecified atom stereocenters. The van der Waals surface area contributed by atoms with Crippen LogP contribution in [0, 0.1) is 11.3 Å². The molecule has 0 radical (unpaired) electrons. The summed E-state index contributed by atoms with van der Waals surface area (Å²) >= 11 is 0. The van der Waals surface area contributed by atoms with Crippen LogP contribution in [-0.2, 0) is 4.74 Å². The van der Waals surface area contributed by atoms with E-state index in [1.807, 2.05) is 4.90 Å². The van der Waals surface area contributed by atoms with Gasteiger partial charge in [0.05, 0.1) is 6.10 Å².